The van der Waals surface area contributed by atoms with E-state index >= 15 is 0 Å². The number of carbonyl (C=O) groups excluding carboxylic acids is 2. The Morgan fingerprint density at radius 3 is 2.79 bits per heavy atom. The normalized spacial score (nSPS) is 16.5. The Balaban J connectivity index is 1.89. The first-order valence-electron chi connectivity index (χ1n) is 8.00. The van der Waals surface area contributed by atoms with Crippen molar-refractivity contribution in [2.45, 2.75) is 31.9 Å². The maximum atomic E-state index is 12.1. The number of likely N-dealkylation sites (tertiary alicyclic amines) is 1. The highest BCUT2D eigenvalue weighted by Crippen LogP contribution is 2.16. The van der Waals surface area contributed by atoms with Crippen LogP contribution in [0.1, 0.15) is 30.1 Å². The molecule has 1 fully saturated rings. The Labute approximate surface area is 146 Å². The topological polar surface area (TPSA) is 94.6 Å². The minimum atomic E-state index is -0.762. The predicted octanol–water partition coefficient (Wildman–Crippen LogP) is 0.834. The number of aliphatic hydroxyl groups excluding tert-OH is 1. The van der Waals surface area contributed by atoms with Crippen LogP contribution in [0.15, 0.2) is 18.3 Å². The van der Waals surface area contributed by atoms with Crippen LogP contribution in [-0.2, 0) is 4.79 Å². The number of alkyl halides is 1. The third kappa shape index (κ3) is 5.35. The minimum absolute atomic E-state index is 0.0718. The maximum Gasteiger partial charge on any atom is 0.251 e. The number of rotatable bonds is 6. The fourth-order valence-corrected chi connectivity index (χ4v) is 2.67. The maximum absolute atomic E-state index is 12.1. The molecule has 0 bridgehead atoms. The highest BCUT2D eigenvalue weighted by atomic mass is 35.5. The number of nitrogens with one attached hydrogen (secondary N) is 2. The molecule has 1 aliphatic rings. The summed E-state index contributed by atoms with van der Waals surface area (Å²) in [6.07, 6.45) is 2.50. The molecular formula is C16H23ClN4O3. The van der Waals surface area contributed by atoms with E-state index in [9.17, 15) is 14.7 Å². The first kappa shape index (κ1) is 18.5. The lowest BCUT2D eigenvalue weighted by Gasteiger charge is -2.32. The molecule has 0 spiro atoms. The lowest BCUT2D eigenvalue weighted by atomic mass is 10.0. The molecule has 2 heterocycles. The van der Waals surface area contributed by atoms with Crippen LogP contribution in [-0.4, -0.2) is 64.5 Å². The lowest BCUT2D eigenvalue weighted by Crippen LogP contribution is -2.41. The Morgan fingerprint density at radius 2 is 2.17 bits per heavy atom. The van der Waals surface area contributed by atoms with Gasteiger partial charge in [0.05, 0.1) is 12.0 Å². The summed E-state index contributed by atoms with van der Waals surface area (Å²) in [5.74, 6) is 0.518. The molecule has 0 unspecified atom stereocenters. The number of hydrogen-bond acceptors (Lipinski definition) is 5. The molecular weight excluding hydrogens is 332 g/mol. The fraction of sp³-hybridized carbons (Fsp3) is 0.562. The summed E-state index contributed by atoms with van der Waals surface area (Å²) in [4.78, 5) is 29.5. The molecule has 8 heteroatoms. The van der Waals surface area contributed by atoms with E-state index in [1.807, 2.05) is 4.90 Å². The zero-order valence-electron chi connectivity index (χ0n) is 13.7. The zero-order chi connectivity index (χ0) is 17.5. The number of carbonyl (C=O) groups is 2. The molecule has 0 radical (unpaired) electrons. The third-order valence-electron chi connectivity index (χ3n) is 3.99. The number of pyridine rings is 1. The molecule has 24 heavy (non-hydrogen) atoms. The van der Waals surface area contributed by atoms with Crippen molar-refractivity contribution in [1.29, 1.82) is 0 Å². The Bertz CT molecular complexity index is 576. The second kappa shape index (κ2) is 8.84. The number of aliphatic hydroxyl groups is 1. The van der Waals surface area contributed by atoms with Crippen LogP contribution in [0.3, 0.4) is 0 Å². The Morgan fingerprint density at radius 1 is 1.46 bits per heavy atom. The zero-order valence-corrected chi connectivity index (χ0v) is 14.4. The second-order valence-corrected chi connectivity index (χ2v) is 6.18. The van der Waals surface area contributed by atoms with Crippen LogP contribution < -0.4 is 10.6 Å². The van der Waals surface area contributed by atoms with Crippen molar-refractivity contribution in [2.24, 2.45) is 0 Å². The van der Waals surface area contributed by atoms with Crippen molar-refractivity contribution >= 4 is 29.2 Å². The van der Waals surface area contributed by atoms with Gasteiger partial charge in [-0.2, -0.15) is 0 Å². The summed E-state index contributed by atoms with van der Waals surface area (Å²) in [7, 11) is 0. The number of halogens is 1. The van der Waals surface area contributed by atoms with Gasteiger partial charge < -0.3 is 20.6 Å². The molecule has 2 rings (SSSR count). The van der Waals surface area contributed by atoms with E-state index < -0.39 is 6.10 Å². The van der Waals surface area contributed by atoms with Crippen molar-refractivity contribution in [3.8, 4) is 0 Å². The molecule has 0 aliphatic carbocycles. The number of hydrogen-bond donors (Lipinski definition) is 3. The molecule has 1 aromatic heterocycles. The van der Waals surface area contributed by atoms with E-state index in [1.54, 1.807) is 25.3 Å². The van der Waals surface area contributed by atoms with E-state index in [-0.39, 0.29) is 30.3 Å². The standard InChI is InChI=1S/C16H23ClN4O3/c1-11(22)21-6-3-13(4-7-21)20-15-8-12(2-5-18-15)16(24)19-10-14(23)9-17/h2,5,8,13-14,23H,3-4,6-7,9-10H2,1H3,(H,18,20)(H,19,24)/t14-/m1/s1. The van der Waals surface area contributed by atoms with Crippen LogP contribution in [0.25, 0.3) is 0 Å². The molecule has 1 aromatic rings. The number of amides is 2. The fourth-order valence-electron chi connectivity index (χ4n) is 2.57. The van der Waals surface area contributed by atoms with Gasteiger partial charge in [-0.3, -0.25) is 9.59 Å². The summed E-state index contributed by atoms with van der Waals surface area (Å²) < 4.78 is 0. The van der Waals surface area contributed by atoms with E-state index in [4.69, 9.17) is 11.6 Å². The van der Waals surface area contributed by atoms with Crippen molar-refractivity contribution in [3.63, 3.8) is 0 Å². The number of piperidine rings is 1. The molecule has 1 atom stereocenters. The van der Waals surface area contributed by atoms with Crippen molar-refractivity contribution < 1.29 is 14.7 Å². The van der Waals surface area contributed by atoms with Gasteiger partial charge in [0.15, 0.2) is 0 Å². The average molecular weight is 355 g/mol. The highest BCUT2D eigenvalue weighted by Gasteiger charge is 2.21. The quantitative estimate of drug-likeness (QED) is 0.658. The molecule has 0 aromatic carbocycles. The van der Waals surface area contributed by atoms with Crippen LogP contribution >= 0.6 is 11.6 Å². The molecule has 0 saturated carbocycles. The molecule has 2 amide bonds. The second-order valence-electron chi connectivity index (χ2n) is 5.87. The van der Waals surface area contributed by atoms with E-state index in [2.05, 4.69) is 15.6 Å². The van der Waals surface area contributed by atoms with Gasteiger partial charge in [0.1, 0.15) is 5.82 Å². The Hall–Kier alpha value is -1.86. The van der Waals surface area contributed by atoms with Gasteiger partial charge in [-0.15, -0.1) is 11.6 Å². The molecule has 1 saturated heterocycles. The molecule has 132 valence electrons. The van der Waals surface area contributed by atoms with E-state index in [0.29, 0.717) is 11.4 Å². The SMILES string of the molecule is CC(=O)N1CCC(Nc2cc(C(=O)NC[C@H](O)CCl)ccn2)CC1. The van der Waals surface area contributed by atoms with Crippen molar-refractivity contribution in [3.05, 3.63) is 23.9 Å². The van der Waals surface area contributed by atoms with Crippen LogP contribution in [0.4, 0.5) is 5.82 Å². The monoisotopic (exact) mass is 354 g/mol. The van der Waals surface area contributed by atoms with Crippen molar-refractivity contribution in [2.75, 3.05) is 30.8 Å². The average Bonchev–Trinajstić information content (AvgIpc) is 2.60. The molecule has 3 N–H and O–H groups in total. The summed E-state index contributed by atoms with van der Waals surface area (Å²) in [5.41, 5.74) is 0.468. The number of nitrogens with zero attached hydrogens (tertiary/aromatic N) is 2. The minimum Gasteiger partial charge on any atom is -0.390 e. The van der Waals surface area contributed by atoms with Crippen molar-refractivity contribution in [1.82, 2.24) is 15.2 Å². The van der Waals surface area contributed by atoms with Gasteiger partial charge in [-0.1, -0.05) is 0 Å². The smallest absolute Gasteiger partial charge is 0.251 e. The molecule has 7 nitrogen and oxygen atoms in total. The predicted molar refractivity (Wildman–Crippen MR) is 92.2 cm³/mol. The van der Waals surface area contributed by atoms with Gasteiger partial charge in [0.2, 0.25) is 5.91 Å². The summed E-state index contributed by atoms with van der Waals surface area (Å²) in [6.45, 7) is 3.14. The van der Waals surface area contributed by atoms with Crippen LogP contribution in [0, 0.1) is 0 Å². The number of anilines is 1. The third-order valence-corrected chi connectivity index (χ3v) is 4.35. The molecule has 1 aliphatic heterocycles. The van der Waals surface area contributed by atoms with Gasteiger partial charge in [-0.05, 0) is 25.0 Å². The first-order valence-corrected chi connectivity index (χ1v) is 8.53. The van der Waals surface area contributed by atoms with E-state index in [1.165, 1.54) is 0 Å². The summed E-state index contributed by atoms with van der Waals surface area (Å²) >= 11 is 5.50. The van der Waals surface area contributed by atoms with Gasteiger partial charge in [0, 0.05) is 44.4 Å². The lowest BCUT2D eigenvalue weighted by molar-refractivity contribution is -0.129. The van der Waals surface area contributed by atoms with Gasteiger partial charge >= 0.3 is 0 Å². The first-order chi connectivity index (χ1) is 11.5. The Kier molecular flexibility index (Phi) is 6.81. The highest BCUT2D eigenvalue weighted by molar-refractivity contribution is 6.18. The van der Waals surface area contributed by atoms with Crippen LogP contribution in [0.5, 0.6) is 0 Å². The summed E-state index contributed by atoms with van der Waals surface area (Å²) in [6, 6.07) is 3.52. The van der Waals surface area contributed by atoms with E-state index in [0.717, 1.165) is 25.9 Å². The van der Waals surface area contributed by atoms with Gasteiger partial charge in [0.25, 0.3) is 5.91 Å². The van der Waals surface area contributed by atoms with Gasteiger partial charge in [-0.25, -0.2) is 4.98 Å². The van der Waals surface area contributed by atoms with Crippen LogP contribution in [0.2, 0.25) is 0 Å². The number of aromatic nitrogens is 1. The summed E-state index contributed by atoms with van der Waals surface area (Å²) in [5, 5.41) is 15.3. The largest absolute Gasteiger partial charge is 0.390 e.